The second-order valence-corrected chi connectivity index (χ2v) is 10.3. The van der Waals surface area contributed by atoms with Crippen molar-refractivity contribution < 1.29 is 9.59 Å². The van der Waals surface area contributed by atoms with Gasteiger partial charge in [0.25, 0.3) is 11.8 Å². The maximum atomic E-state index is 13.4. The predicted molar refractivity (Wildman–Crippen MR) is 142 cm³/mol. The summed E-state index contributed by atoms with van der Waals surface area (Å²) in [6.07, 6.45) is 9.91. The van der Waals surface area contributed by atoms with Crippen LogP contribution >= 0.6 is 0 Å². The van der Waals surface area contributed by atoms with Crippen molar-refractivity contribution >= 4 is 11.8 Å². The quantitative estimate of drug-likeness (QED) is 0.628. The van der Waals surface area contributed by atoms with Crippen LogP contribution in [0.4, 0.5) is 0 Å². The van der Waals surface area contributed by atoms with E-state index in [-0.39, 0.29) is 35.0 Å². The van der Waals surface area contributed by atoms with Gasteiger partial charge in [-0.05, 0) is 44.6 Å². The van der Waals surface area contributed by atoms with Crippen LogP contribution in [0.25, 0.3) is 0 Å². The minimum atomic E-state index is -0.456. The number of nitrogens with zero attached hydrogens (tertiary/aromatic N) is 3. The Bertz CT molecular complexity index is 1080. The number of rotatable bonds is 7. The summed E-state index contributed by atoms with van der Waals surface area (Å²) < 4.78 is 1.86. The minimum absolute atomic E-state index is 0.0194. The molecule has 1 atom stereocenters. The Morgan fingerprint density at radius 3 is 2.22 bits per heavy atom. The summed E-state index contributed by atoms with van der Waals surface area (Å²) in [6, 6.07) is 10.5. The highest BCUT2D eigenvalue weighted by Gasteiger charge is 2.27. The maximum Gasteiger partial charge on any atom is 0.259 e. The number of benzene rings is 1. The molecule has 7 nitrogen and oxygen atoms in total. The number of hydrogen-bond donors (Lipinski definition) is 1. The molecule has 0 saturated carbocycles. The molecule has 0 bridgehead atoms. The zero-order valence-electron chi connectivity index (χ0n) is 21.7. The van der Waals surface area contributed by atoms with E-state index in [9.17, 15) is 14.4 Å². The van der Waals surface area contributed by atoms with Crippen LogP contribution in [-0.2, 0) is 6.54 Å². The third kappa shape index (κ3) is 6.44. The SMILES string of the molecule is CC[C@@H](C)n1cc(C(=O)NC2CCN(Cc3ccccc3)CC2)c(=O)c(C(=O)N2CCCCCC2)c1. The van der Waals surface area contributed by atoms with E-state index in [0.717, 1.165) is 64.6 Å². The van der Waals surface area contributed by atoms with E-state index >= 15 is 0 Å². The van der Waals surface area contributed by atoms with Crippen molar-refractivity contribution in [2.45, 2.75) is 77.4 Å². The van der Waals surface area contributed by atoms with Gasteiger partial charge in [0.15, 0.2) is 0 Å². The molecule has 2 saturated heterocycles. The molecule has 1 N–H and O–H groups in total. The number of aromatic nitrogens is 1. The molecule has 3 heterocycles. The molecule has 2 fully saturated rings. The summed E-state index contributed by atoms with van der Waals surface area (Å²) in [5.41, 5.74) is 1.02. The molecule has 1 aromatic carbocycles. The van der Waals surface area contributed by atoms with Crippen molar-refractivity contribution in [1.82, 2.24) is 19.7 Å². The number of carbonyl (C=O) groups excluding carboxylic acids is 2. The van der Waals surface area contributed by atoms with Crippen molar-refractivity contribution in [3.8, 4) is 0 Å². The first-order valence-electron chi connectivity index (χ1n) is 13.6. The summed E-state index contributed by atoms with van der Waals surface area (Å²) in [5, 5.41) is 3.10. The largest absolute Gasteiger partial charge is 0.350 e. The average molecular weight is 493 g/mol. The number of amides is 2. The van der Waals surface area contributed by atoms with E-state index in [2.05, 4.69) is 41.4 Å². The third-order valence-corrected chi connectivity index (χ3v) is 7.69. The molecule has 2 aromatic rings. The van der Waals surface area contributed by atoms with Crippen molar-refractivity contribution in [1.29, 1.82) is 0 Å². The van der Waals surface area contributed by atoms with E-state index in [0.29, 0.717) is 13.1 Å². The number of nitrogens with one attached hydrogen (secondary N) is 1. The maximum absolute atomic E-state index is 13.4. The topological polar surface area (TPSA) is 74.6 Å². The summed E-state index contributed by atoms with van der Waals surface area (Å²) in [4.78, 5) is 44.3. The van der Waals surface area contributed by atoms with E-state index in [1.807, 2.05) is 17.6 Å². The van der Waals surface area contributed by atoms with Crippen LogP contribution < -0.4 is 10.7 Å². The lowest BCUT2D eigenvalue weighted by Gasteiger charge is -2.32. The van der Waals surface area contributed by atoms with E-state index < -0.39 is 5.43 Å². The Hall–Kier alpha value is -2.93. The second-order valence-electron chi connectivity index (χ2n) is 10.3. The van der Waals surface area contributed by atoms with Crippen LogP contribution in [0.15, 0.2) is 47.5 Å². The van der Waals surface area contributed by atoms with Gasteiger partial charge in [0.1, 0.15) is 11.1 Å². The van der Waals surface area contributed by atoms with Crippen LogP contribution in [0.2, 0.25) is 0 Å². The molecule has 2 aliphatic heterocycles. The number of carbonyl (C=O) groups is 2. The van der Waals surface area contributed by atoms with E-state index in [4.69, 9.17) is 0 Å². The summed E-state index contributed by atoms with van der Waals surface area (Å²) >= 11 is 0. The first kappa shape index (κ1) is 26.1. The monoisotopic (exact) mass is 492 g/mol. The summed E-state index contributed by atoms with van der Waals surface area (Å²) in [5.74, 6) is -0.619. The average Bonchev–Trinajstić information content (AvgIpc) is 3.19. The zero-order valence-corrected chi connectivity index (χ0v) is 21.7. The van der Waals surface area contributed by atoms with Crippen molar-refractivity contribution in [2.75, 3.05) is 26.2 Å². The Morgan fingerprint density at radius 2 is 1.58 bits per heavy atom. The number of piperidine rings is 1. The highest BCUT2D eigenvalue weighted by atomic mass is 16.2. The lowest BCUT2D eigenvalue weighted by Crippen LogP contribution is -2.46. The van der Waals surface area contributed by atoms with Gasteiger partial charge in [-0.15, -0.1) is 0 Å². The summed E-state index contributed by atoms with van der Waals surface area (Å²) in [6.45, 7) is 8.12. The lowest BCUT2D eigenvalue weighted by molar-refractivity contribution is 0.0759. The van der Waals surface area contributed by atoms with Crippen LogP contribution in [0, 0.1) is 0 Å². The van der Waals surface area contributed by atoms with Gasteiger partial charge in [-0.2, -0.15) is 0 Å². The zero-order chi connectivity index (χ0) is 25.5. The normalized spacial score (nSPS) is 18.4. The van der Waals surface area contributed by atoms with Gasteiger partial charge >= 0.3 is 0 Å². The minimum Gasteiger partial charge on any atom is -0.350 e. The molecule has 36 heavy (non-hydrogen) atoms. The molecule has 0 unspecified atom stereocenters. The van der Waals surface area contributed by atoms with Crippen LogP contribution in [0.3, 0.4) is 0 Å². The molecule has 4 rings (SSSR count). The van der Waals surface area contributed by atoms with Gasteiger partial charge < -0.3 is 14.8 Å². The molecule has 1 aromatic heterocycles. The fourth-order valence-corrected chi connectivity index (χ4v) is 5.16. The number of pyridine rings is 1. The van der Waals surface area contributed by atoms with Gasteiger partial charge in [0.2, 0.25) is 5.43 Å². The van der Waals surface area contributed by atoms with Crippen LogP contribution in [-0.4, -0.2) is 58.4 Å². The molecule has 0 spiro atoms. The first-order chi connectivity index (χ1) is 17.5. The fraction of sp³-hybridized carbons (Fsp3) is 0.552. The Morgan fingerprint density at radius 1 is 0.944 bits per heavy atom. The molecular formula is C29H40N4O3. The highest BCUT2D eigenvalue weighted by molar-refractivity contribution is 5.99. The molecular weight excluding hydrogens is 452 g/mol. The number of hydrogen-bond acceptors (Lipinski definition) is 4. The summed E-state index contributed by atoms with van der Waals surface area (Å²) in [7, 11) is 0. The van der Waals surface area contributed by atoms with Crippen LogP contribution in [0.1, 0.15) is 91.1 Å². The lowest BCUT2D eigenvalue weighted by atomic mass is 10.0. The Labute approximate surface area is 214 Å². The molecule has 0 aliphatic carbocycles. The van der Waals surface area contributed by atoms with Crippen molar-refractivity contribution in [3.63, 3.8) is 0 Å². The molecule has 7 heteroatoms. The molecule has 194 valence electrons. The van der Waals surface area contributed by atoms with Gasteiger partial charge in [-0.1, -0.05) is 50.1 Å². The van der Waals surface area contributed by atoms with Gasteiger partial charge in [-0.25, -0.2) is 0 Å². The van der Waals surface area contributed by atoms with Crippen molar-refractivity contribution in [3.05, 3.63) is 69.6 Å². The van der Waals surface area contributed by atoms with Crippen molar-refractivity contribution in [2.24, 2.45) is 0 Å². The molecule has 2 amide bonds. The fourth-order valence-electron chi connectivity index (χ4n) is 5.16. The smallest absolute Gasteiger partial charge is 0.259 e. The number of likely N-dealkylation sites (tertiary alicyclic amines) is 2. The standard InChI is InChI=1S/C29H40N4O3/c1-3-22(2)33-20-25(27(34)26(21-33)29(36)32-15-9-4-5-10-16-32)28(35)30-24-13-17-31(18-14-24)19-23-11-7-6-8-12-23/h6-8,11-12,20-22,24H,3-5,9-10,13-19H2,1-2H3,(H,30,35)/t22-/m1/s1. The first-order valence-corrected chi connectivity index (χ1v) is 13.6. The van der Waals surface area contributed by atoms with E-state index in [1.165, 1.54) is 5.56 Å². The third-order valence-electron chi connectivity index (χ3n) is 7.69. The highest BCUT2D eigenvalue weighted by Crippen LogP contribution is 2.17. The second kappa shape index (κ2) is 12.3. The van der Waals surface area contributed by atoms with Crippen LogP contribution in [0.5, 0.6) is 0 Å². The predicted octanol–water partition coefficient (Wildman–Crippen LogP) is 4.23. The van der Waals surface area contributed by atoms with Gasteiger partial charge in [0.05, 0.1) is 0 Å². The Balaban J connectivity index is 1.47. The van der Waals surface area contributed by atoms with E-state index in [1.54, 1.807) is 17.3 Å². The molecule has 0 radical (unpaired) electrons. The molecule has 2 aliphatic rings. The van der Waals surface area contributed by atoms with Gasteiger partial charge in [0, 0.05) is 57.2 Å². The Kier molecular flexibility index (Phi) is 8.97. The van der Waals surface area contributed by atoms with Gasteiger partial charge in [-0.3, -0.25) is 19.3 Å².